The lowest BCUT2D eigenvalue weighted by molar-refractivity contribution is -0.168. The molecule has 0 bridgehead atoms. The maximum atomic E-state index is 12.6. The molecule has 0 aromatic heterocycles. The maximum absolute atomic E-state index is 12.6. The van der Waals surface area contributed by atoms with E-state index in [-0.39, 0.29) is 6.42 Å². The van der Waals surface area contributed by atoms with Gasteiger partial charge in [0.15, 0.2) is 5.78 Å². The van der Waals surface area contributed by atoms with Crippen LogP contribution in [0.4, 0.5) is 17.6 Å². The van der Waals surface area contributed by atoms with E-state index in [0.29, 0.717) is 0 Å². The summed E-state index contributed by atoms with van der Waals surface area (Å²) in [5.41, 5.74) is 3.29. The first-order valence-electron chi connectivity index (χ1n) is 6.74. The Morgan fingerprint density at radius 1 is 1.24 bits per heavy atom. The zero-order chi connectivity index (χ0) is 15.5. The SMILES string of the molecule is O=C(COCC(F)(F)C(F)F)Cc1ccc2c(c1)CCC2. The van der Waals surface area contributed by atoms with Crippen LogP contribution in [0.5, 0.6) is 0 Å². The molecule has 2 rings (SSSR count). The standard InChI is InChI=1S/C15H16F4O2/c16-14(17)15(18,19)9-21-8-13(20)7-10-4-5-11-2-1-3-12(11)6-10/h4-6,14H,1-3,7-9H2. The first-order chi connectivity index (χ1) is 9.88. The summed E-state index contributed by atoms with van der Waals surface area (Å²) < 4.78 is 53.4. The molecular formula is C15H16F4O2. The number of ketones is 1. The summed E-state index contributed by atoms with van der Waals surface area (Å²) in [4.78, 5) is 11.6. The van der Waals surface area contributed by atoms with Gasteiger partial charge in [-0.25, -0.2) is 8.78 Å². The summed E-state index contributed by atoms with van der Waals surface area (Å²) in [6.07, 6.45) is -0.611. The molecule has 0 radical (unpaired) electrons. The molecule has 0 fully saturated rings. The van der Waals surface area contributed by atoms with Crippen LogP contribution in [-0.2, 0) is 28.8 Å². The van der Waals surface area contributed by atoms with Crippen LogP contribution in [-0.4, -0.2) is 31.3 Å². The summed E-state index contributed by atoms with van der Waals surface area (Å²) in [5.74, 6) is -4.62. The summed E-state index contributed by atoms with van der Waals surface area (Å²) in [6.45, 7) is -2.03. The zero-order valence-corrected chi connectivity index (χ0v) is 11.4. The fourth-order valence-corrected chi connectivity index (χ4v) is 2.38. The molecule has 0 unspecified atom stereocenters. The van der Waals surface area contributed by atoms with E-state index in [4.69, 9.17) is 0 Å². The van der Waals surface area contributed by atoms with E-state index in [2.05, 4.69) is 4.74 Å². The molecule has 0 saturated carbocycles. The van der Waals surface area contributed by atoms with Gasteiger partial charge >= 0.3 is 12.3 Å². The van der Waals surface area contributed by atoms with Gasteiger partial charge in [0, 0.05) is 6.42 Å². The van der Waals surface area contributed by atoms with E-state index < -0.39 is 31.3 Å². The van der Waals surface area contributed by atoms with Gasteiger partial charge in [-0.1, -0.05) is 18.2 Å². The molecule has 1 aromatic rings. The van der Waals surface area contributed by atoms with Crippen LogP contribution >= 0.6 is 0 Å². The predicted molar refractivity (Wildman–Crippen MR) is 68.9 cm³/mol. The number of aryl methyl sites for hydroxylation is 2. The average molecular weight is 304 g/mol. The number of fused-ring (bicyclic) bond motifs is 1. The Hall–Kier alpha value is -1.43. The normalized spacial score (nSPS) is 14.5. The third kappa shape index (κ3) is 4.27. The second-order valence-electron chi connectivity index (χ2n) is 5.23. The Bertz CT molecular complexity index is 514. The van der Waals surface area contributed by atoms with Gasteiger partial charge in [-0.2, -0.15) is 8.78 Å². The lowest BCUT2D eigenvalue weighted by atomic mass is 10.0. The fraction of sp³-hybridized carbons (Fsp3) is 0.533. The first kappa shape index (κ1) is 15.9. The summed E-state index contributed by atoms with van der Waals surface area (Å²) in [5, 5.41) is 0. The van der Waals surface area contributed by atoms with Gasteiger partial charge in [0.25, 0.3) is 0 Å². The monoisotopic (exact) mass is 304 g/mol. The molecule has 0 N–H and O–H groups in total. The van der Waals surface area contributed by atoms with Gasteiger partial charge in [-0.15, -0.1) is 0 Å². The Morgan fingerprint density at radius 3 is 2.67 bits per heavy atom. The molecule has 21 heavy (non-hydrogen) atoms. The van der Waals surface area contributed by atoms with Crippen LogP contribution in [0.15, 0.2) is 18.2 Å². The number of halogens is 4. The van der Waals surface area contributed by atoms with E-state index in [1.54, 1.807) is 0 Å². The zero-order valence-electron chi connectivity index (χ0n) is 11.4. The third-order valence-corrected chi connectivity index (χ3v) is 3.44. The third-order valence-electron chi connectivity index (χ3n) is 3.44. The molecule has 6 heteroatoms. The van der Waals surface area contributed by atoms with Gasteiger partial charge in [-0.05, 0) is 36.0 Å². The van der Waals surface area contributed by atoms with Crippen molar-refractivity contribution in [1.82, 2.24) is 0 Å². The first-order valence-corrected chi connectivity index (χ1v) is 6.74. The van der Waals surface area contributed by atoms with Crippen LogP contribution in [0, 0.1) is 0 Å². The summed E-state index contributed by atoms with van der Waals surface area (Å²) in [7, 11) is 0. The minimum absolute atomic E-state index is 0.0630. The Balaban J connectivity index is 1.80. The Labute approximate surface area is 120 Å². The number of rotatable bonds is 7. The molecular weight excluding hydrogens is 288 g/mol. The molecule has 1 aromatic carbocycles. The van der Waals surface area contributed by atoms with Gasteiger partial charge in [0.2, 0.25) is 0 Å². The van der Waals surface area contributed by atoms with E-state index in [9.17, 15) is 22.4 Å². The second kappa shape index (κ2) is 6.56. The number of carbonyl (C=O) groups excluding carboxylic acids is 1. The molecule has 0 spiro atoms. The number of carbonyl (C=O) groups is 1. The highest BCUT2D eigenvalue weighted by Gasteiger charge is 2.41. The summed E-state index contributed by atoms with van der Waals surface area (Å²) in [6, 6.07) is 5.74. The number of ether oxygens (including phenoxy) is 1. The quantitative estimate of drug-likeness (QED) is 0.723. The van der Waals surface area contributed by atoms with Crippen molar-refractivity contribution in [3.63, 3.8) is 0 Å². The molecule has 2 nitrogen and oxygen atoms in total. The van der Waals surface area contributed by atoms with Crippen molar-refractivity contribution in [2.24, 2.45) is 0 Å². The molecule has 0 amide bonds. The van der Waals surface area contributed by atoms with Crippen molar-refractivity contribution in [1.29, 1.82) is 0 Å². The van der Waals surface area contributed by atoms with Crippen molar-refractivity contribution in [2.45, 2.75) is 38.0 Å². The van der Waals surface area contributed by atoms with E-state index >= 15 is 0 Å². The van der Waals surface area contributed by atoms with Crippen LogP contribution in [0.2, 0.25) is 0 Å². The molecule has 1 aliphatic rings. The second-order valence-corrected chi connectivity index (χ2v) is 5.23. The van der Waals surface area contributed by atoms with Crippen molar-refractivity contribution in [3.05, 3.63) is 34.9 Å². The Kier molecular flexibility index (Phi) is 4.98. The summed E-state index contributed by atoms with van der Waals surface area (Å²) >= 11 is 0. The van der Waals surface area contributed by atoms with Gasteiger partial charge in [0.05, 0.1) is 0 Å². The topological polar surface area (TPSA) is 26.3 Å². The fourth-order valence-electron chi connectivity index (χ4n) is 2.38. The van der Waals surface area contributed by atoms with Crippen molar-refractivity contribution < 1.29 is 27.1 Å². The molecule has 0 aliphatic heterocycles. The molecule has 116 valence electrons. The van der Waals surface area contributed by atoms with Crippen LogP contribution < -0.4 is 0 Å². The number of hydrogen-bond acceptors (Lipinski definition) is 2. The highest BCUT2D eigenvalue weighted by Crippen LogP contribution is 2.24. The van der Waals surface area contributed by atoms with Gasteiger partial charge in [0.1, 0.15) is 13.2 Å². The average Bonchev–Trinajstić information content (AvgIpc) is 2.85. The molecule has 0 saturated heterocycles. The van der Waals surface area contributed by atoms with Crippen molar-refractivity contribution in [3.8, 4) is 0 Å². The lowest BCUT2D eigenvalue weighted by Gasteiger charge is -2.14. The number of hydrogen-bond donors (Lipinski definition) is 0. The highest BCUT2D eigenvalue weighted by atomic mass is 19.3. The van der Waals surface area contributed by atoms with Crippen LogP contribution in [0.25, 0.3) is 0 Å². The minimum Gasteiger partial charge on any atom is -0.367 e. The predicted octanol–water partition coefficient (Wildman–Crippen LogP) is 3.20. The van der Waals surface area contributed by atoms with Crippen molar-refractivity contribution in [2.75, 3.05) is 13.2 Å². The smallest absolute Gasteiger partial charge is 0.330 e. The molecule has 1 aliphatic carbocycles. The highest BCUT2D eigenvalue weighted by molar-refractivity contribution is 5.82. The maximum Gasteiger partial charge on any atom is 0.330 e. The van der Waals surface area contributed by atoms with Gasteiger partial charge < -0.3 is 4.74 Å². The number of alkyl halides is 4. The van der Waals surface area contributed by atoms with Crippen molar-refractivity contribution >= 4 is 5.78 Å². The minimum atomic E-state index is -4.21. The number of Topliss-reactive ketones (excluding diaryl/α,β-unsaturated/α-hetero) is 1. The van der Waals surface area contributed by atoms with Crippen LogP contribution in [0.3, 0.4) is 0 Å². The van der Waals surface area contributed by atoms with E-state index in [1.165, 1.54) is 11.1 Å². The molecule has 0 atom stereocenters. The Morgan fingerprint density at radius 2 is 1.95 bits per heavy atom. The van der Waals surface area contributed by atoms with Crippen LogP contribution in [0.1, 0.15) is 23.1 Å². The molecule has 0 heterocycles. The van der Waals surface area contributed by atoms with E-state index in [1.807, 2.05) is 18.2 Å². The largest absolute Gasteiger partial charge is 0.367 e. The van der Waals surface area contributed by atoms with Gasteiger partial charge in [-0.3, -0.25) is 4.79 Å². The lowest BCUT2D eigenvalue weighted by Crippen LogP contribution is -2.33. The number of benzene rings is 1. The van der Waals surface area contributed by atoms with E-state index in [0.717, 1.165) is 24.8 Å².